The molecule has 1 aliphatic heterocycles. The summed E-state index contributed by atoms with van der Waals surface area (Å²) in [6.07, 6.45) is -1.01. The topological polar surface area (TPSA) is 83.9 Å². The molecule has 1 amide bonds. The summed E-state index contributed by atoms with van der Waals surface area (Å²) < 4.78 is 39.9. The van der Waals surface area contributed by atoms with Gasteiger partial charge in [0.1, 0.15) is 6.04 Å². The maximum atomic E-state index is 13.0. The van der Waals surface area contributed by atoms with Crippen molar-refractivity contribution in [2.24, 2.45) is 0 Å². The van der Waals surface area contributed by atoms with Gasteiger partial charge in [-0.2, -0.15) is 18.3 Å². The maximum Gasteiger partial charge on any atom is 0.436 e. The molecule has 3 atom stereocenters. The maximum absolute atomic E-state index is 13.0. The first-order valence-corrected chi connectivity index (χ1v) is 9.01. The van der Waals surface area contributed by atoms with Crippen LogP contribution in [0.5, 0.6) is 0 Å². The van der Waals surface area contributed by atoms with Gasteiger partial charge in [0.05, 0.1) is 16.3 Å². The molecule has 146 valence electrons. The Hall–Kier alpha value is -1.98. The van der Waals surface area contributed by atoms with Crippen molar-refractivity contribution in [2.75, 3.05) is 0 Å². The van der Waals surface area contributed by atoms with Crippen LogP contribution in [-0.4, -0.2) is 26.8 Å². The summed E-state index contributed by atoms with van der Waals surface area (Å²) in [6, 6.07) is 2.83. The Morgan fingerprint density at radius 1 is 1.37 bits per heavy atom. The fraction of sp³-hybridized carbons (Fsp3) is 0.438. The fourth-order valence-corrected chi connectivity index (χ4v) is 3.41. The van der Waals surface area contributed by atoms with E-state index in [1.807, 2.05) is 12.1 Å². The number of amides is 1. The predicted molar refractivity (Wildman–Crippen MR) is 94.2 cm³/mol. The van der Waals surface area contributed by atoms with Crippen molar-refractivity contribution in [1.29, 1.82) is 0 Å². The van der Waals surface area contributed by atoms with Crippen molar-refractivity contribution in [3.05, 3.63) is 46.0 Å². The number of hydrazine groups is 1. The number of rotatable bonds is 4. The number of pyridine rings is 1. The molecule has 1 saturated heterocycles. The lowest BCUT2D eigenvalue weighted by atomic mass is 10.1. The average Bonchev–Trinajstić information content (AvgIpc) is 3.20. The summed E-state index contributed by atoms with van der Waals surface area (Å²) in [4.78, 5) is 16.5. The summed E-state index contributed by atoms with van der Waals surface area (Å²) in [5.41, 5.74) is 6.26. The minimum absolute atomic E-state index is 0.00831. The highest BCUT2D eigenvalue weighted by atomic mass is 79.9. The van der Waals surface area contributed by atoms with Crippen LogP contribution in [0.25, 0.3) is 0 Å². The van der Waals surface area contributed by atoms with Gasteiger partial charge in [-0.25, -0.2) is 10.9 Å². The van der Waals surface area contributed by atoms with Gasteiger partial charge in [0, 0.05) is 24.9 Å². The zero-order valence-electron chi connectivity index (χ0n) is 14.5. The monoisotopic (exact) mass is 446 g/mol. The van der Waals surface area contributed by atoms with Crippen LogP contribution in [0.15, 0.2) is 29.0 Å². The molecule has 1 aliphatic rings. The smallest absolute Gasteiger partial charge is 0.338 e. The quantitative estimate of drug-likeness (QED) is 0.672. The molecule has 2 aromatic heterocycles. The van der Waals surface area contributed by atoms with Gasteiger partial charge >= 0.3 is 6.18 Å². The summed E-state index contributed by atoms with van der Waals surface area (Å²) in [5, 5.41) is 6.37. The Bertz CT molecular complexity index is 826. The van der Waals surface area contributed by atoms with Crippen LogP contribution in [-0.2, 0) is 11.0 Å². The van der Waals surface area contributed by atoms with Crippen LogP contribution < -0.4 is 16.2 Å². The number of carbonyl (C=O) groups is 1. The van der Waals surface area contributed by atoms with E-state index in [1.54, 1.807) is 12.4 Å². The van der Waals surface area contributed by atoms with Gasteiger partial charge < -0.3 is 5.32 Å². The fourth-order valence-electron chi connectivity index (χ4n) is 2.93. The Morgan fingerprint density at radius 2 is 2.04 bits per heavy atom. The molecule has 7 nitrogen and oxygen atoms in total. The zero-order chi connectivity index (χ0) is 19.8. The molecule has 0 bridgehead atoms. The van der Waals surface area contributed by atoms with Crippen molar-refractivity contribution in [3.63, 3.8) is 0 Å². The minimum atomic E-state index is -4.60. The van der Waals surface area contributed by atoms with Gasteiger partial charge in [-0.15, -0.1) is 0 Å². The van der Waals surface area contributed by atoms with E-state index in [1.165, 1.54) is 13.8 Å². The second-order valence-electron chi connectivity index (χ2n) is 6.28. The highest BCUT2D eigenvalue weighted by Crippen LogP contribution is 2.36. The third-order valence-electron chi connectivity index (χ3n) is 4.42. The Morgan fingerprint density at radius 3 is 2.63 bits per heavy atom. The van der Waals surface area contributed by atoms with Crippen molar-refractivity contribution in [2.45, 2.75) is 44.7 Å². The summed E-state index contributed by atoms with van der Waals surface area (Å²) in [5.74, 6) is -0.434. The molecular weight excluding hydrogens is 429 g/mol. The van der Waals surface area contributed by atoms with Gasteiger partial charge in [0.15, 0.2) is 5.69 Å². The standard InChI is InChI=1S/C16H18BrF3N6O/c1-8-13(17)14(16(18,19)20)25-26(8)9(2)15(27)22-12-7-11(23-24-12)10-3-5-21-6-4-10/h3-6,9,11-12,23-24H,7H2,1-2H3,(H,22,27). The molecule has 0 spiro atoms. The van der Waals surface area contributed by atoms with Crippen molar-refractivity contribution >= 4 is 21.8 Å². The largest absolute Gasteiger partial charge is 0.436 e. The lowest BCUT2D eigenvalue weighted by Crippen LogP contribution is -2.46. The van der Waals surface area contributed by atoms with E-state index in [0.717, 1.165) is 10.2 Å². The number of aromatic nitrogens is 3. The van der Waals surface area contributed by atoms with E-state index in [4.69, 9.17) is 0 Å². The van der Waals surface area contributed by atoms with Gasteiger partial charge in [-0.1, -0.05) is 0 Å². The van der Waals surface area contributed by atoms with Crippen molar-refractivity contribution in [1.82, 2.24) is 30.9 Å². The molecule has 0 aromatic carbocycles. The molecule has 11 heteroatoms. The number of nitrogens with one attached hydrogen (secondary N) is 3. The number of carbonyl (C=O) groups excluding carboxylic acids is 1. The number of hydrogen-bond acceptors (Lipinski definition) is 5. The molecule has 3 heterocycles. The van der Waals surface area contributed by atoms with Crippen LogP contribution in [0.1, 0.15) is 42.4 Å². The van der Waals surface area contributed by atoms with E-state index in [0.29, 0.717) is 6.42 Å². The predicted octanol–water partition coefficient (Wildman–Crippen LogP) is 2.61. The molecule has 0 saturated carbocycles. The Balaban J connectivity index is 1.67. The summed E-state index contributed by atoms with van der Waals surface area (Å²) in [6.45, 7) is 2.98. The Labute approximate surface area is 161 Å². The second kappa shape index (κ2) is 7.56. The van der Waals surface area contributed by atoms with Crippen molar-refractivity contribution in [3.8, 4) is 0 Å². The number of nitrogens with zero attached hydrogens (tertiary/aromatic N) is 3. The van der Waals surface area contributed by atoms with Crippen LogP contribution >= 0.6 is 15.9 Å². The molecular formula is C16H18BrF3N6O. The molecule has 3 rings (SSSR count). The first-order chi connectivity index (χ1) is 12.7. The van der Waals surface area contributed by atoms with E-state index in [9.17, 15) is 18.0 Å². The van der Waals surface area contributed by atoms with Crippen molar-refractivity contribution < 1.29 is 18.0 Å². The SMILES string of the molecule is Cc1c(Br)c(C(F)(F)F)nn1C(C)C(=O)NC1CC(c2ccncc2)NN1. The number of alkyl halides is 3. The van der Waals surface area contributed by atoms with Gasteiger partial charge in [0.2, 0.25) is 5.91 Å². The minimum Gasteiger partial charge on any atom is -0.338 e. The Kier molecular flexibility index (Phi) is 5.54. The lowest BCUT2D eigenvalue weighted by molar-refractivity contribution is -0.142. The summed E-state index contributed by atoms with van der Waals surface area (Å²) >= 11 is 2.91. The lowest BCUT2D eigenvalue weighted by Gasteiger charge is -2.18. The number of hydrogen-bond donors (Lipinski definition) is 3. The first-order valence-electron chi connectivity index (χ1n) is 8.21. The molecule has 1 fully saturated rings. The average molecular weight is 447 g/mol. The highest BCUT2D eigenvalue weighted by Gasteiger charge is 2.39. The molecule has 0 radical (unpaired) electrons. The van der Waals surface area contributed by atoms with Crippen LogP contribution in [0.4, 0.5) is 13.2 Å². The van der Waals surface area contributed by atoms with Crippen LogP contribution in [0, 0.1) is 6.92 Å². The molecule has 3 N–H and O–H groups in total. The molecule has 27 heavy (non-hydrogen) atoms. The van der Waals surface area contributed by atoms with Gasteiger partial charge in [-0.05, 0) is 47.5 Å². The third kappa shape index (κ3) is 4.14. The van der Waals surface area contributed by atoms with Crippen LogP contribution in [0.2, 0.25) is 0 Å². The van der Waals surface area contributed by atoms with Gasteiger partial charge in [0.25, 0.3) is 0 Å². The molecule has 2 aromatic rings. The van der Waals surface area contributed by atoms with E-state index in [-0.39, 0.29) is 22.4 Å². The highest BCUT2D eigenvalue weighted by molar-refractivity contribution is 9.10. The third-order valence-corrected chi connectivity index (χ3v) is 5.37. The van der Waals surface area contributed by atoms with Crippen LogP contribution in [0.3, 0.4) is 0 Å². The first kappa shape index (κ1) is 19.8. The second-order valence-corrected chi connectivity index (χ2v) is 7.08. The van der Waals surface area contributed by atoms with E-state index >= 15 is 0 Å². The summed E-state index contributed by atoms with van der Waals surface area (Å²) in [7, 11) is 0. The molecule has 0 aliphatic carbocycles. The van der Waals surface area contributed by atoms with Gasteiger partial charge in [-0.3, -0.25) is 14.5 Å². The normalized spacial score (nSPS) is 21.3. The van der Waals surface area contributed by atoms with E-state index in [2.05, 4.69) is 42.2 Å². The zero-order valence-corrected chi connectivity index (χ0v) is 16.1. The molecule has 3 unspecified atom stereocenters. The van der Waals surface area contributed by atoms with E-state index < -0.39 is 23.8 Å². The number of halogens is 4.